The highest BCUT2D eigenvalue weighted by Crippen LogP contribution is 2.28. The van der Waals surface area contributed by atoms with E-state index in [4.69, 9.17) is 37.4 Å². The van der Waals surface area contributed by atoms with Crippen LogP contribution in [0.25, 0.3) is 5.57 Å². The molecule has 0 atom stereocenters. The predicted octanol–water partition coefficient (Wildman–Crippen LogP) is 5.57. The van der Waals surface area contributed by atoms with Gasteiger partial charge in [-0.05, 0) is 36.2 Å². The Morgan fingerprint density at radius 3 is 2.59 bits per heavy atom. The number of halogens is 2. The molecule has 166 valence electrons. The predicted molar refractivity (Wildman–Crippen MR) is 124 cm³/mol. The Kier molecular flexibility index (Phi) is 7.92. The Morgan fingerprint density at radius 1 is 1.09 bits per heavy atom. The van der Waals surface area contributed by atoms with Crippen molar-refractivity contribution in [3.8, 4) is 5.88 Å². The van der Waals surface area contributed by atoms with Gasteiger partial charge in [-0.15, -0.1) is 0 Å². The fraction of sp³-hybridized carbons (Fsp3) is 0.174. The monoisotopic (exact) mass is 473 g/mol. The molecule has 0 bridgehead atoms. The number of benzene rings is 2. The van der Waals surface area contributed by atoms with Crippen molar-refractivity contribution in [2.75, 3.05) is 19.5 Å². The summed E-state index contributed by atoms with van der Waals surface area (Å²) in [6.45, 7) is 1.99. The van der Waals surface area contributed by atoms with E-state index in [0.29, 0.717) is 38.8 Å². The van der Waals surface area contributed by atoms with E-state index in [0.717, 1.165) is 5.56 Å². The number of carbonyl (C=O) groups is 1. The van der Waals surface area contributed by atoms with Gasteiger partial charge in [0.15, 0.2) is 0 Å². The Morgan fingerprint density at radius 2 is 1.88 bits per heavy atom. The van der Waals surface area contributed by atoms with E-state index in [2.05, 4.69) is 15.3 Å². The largest absolute Gasteiger partial charge is 0.503 e. The van der Waals surface area contributed by atoms with Crippen molar-refractivity contribution in [3.05, 3.63) is 81.7 Å². The average molecular weight is 474 g/mol. The number of methoxy groups -OCH3 is 2. The van der Waals surface area contributed by atoms with E-state index in [9.17, 15) is 4.79 Å². The quantitative estimate of drug-likeness (QED) is 0.260. The minimum absolute atomic E-state index is 0.159. The van der Waals surface area contributed by atoms with Crippen LogP contribution in [0.5, 0.6) is 5.88 Å². The van der Waals surface area contributed by atoms with Gasteiger partial charge in [0.1, 0.15) is 12.2 Å². The number of carbonyl (C=O) groups excluding carboxylic acids is 1. The lowest BCUT2D eigenvalue weighted by Crippen LogP contribution is -2.09. The molecule has 32 heavy (non-hydrogen) atoms. The number of esters is 1. The summed E-state index contributed by atoms with van der Waals surface area (Å²) in [7, 11) is 2.78. The van der Waals surface area contributed by atoms with Gasteiger partial charge in [-0.3, -0.25) is 0 Å². The summed E-state index contributed by atoms with van der Waals surface area (Å²) in [6, 6.07) is 14.1. The molecule has 1 N–H and O–H groups in total. The summed E-state index contributed by atoms with van der Waals surface area (Å²) >= 11 is 12.2. The van der Waals surface area contributed by atoms with Crippen molar-refractivity contribution in [2.45, 2.75) is 13.5 Å². The van der Waals surface area contributed by atoms with E-state index >= 15 is 0 Å². The molecule has 0 spiro atoms. The summed E-state index contributed by atoms with van der Waals surface area (Å²) in [5.74, 6) is 0.172. The number of nitrogens with one attached hydrogen (secondary N) is 1. The highest BCUT2D eigenvalue weighted by atomic mass is 35.5. The van der Waals surface area contributed by atoms with Crippen LogP contribution < -0.4 is 10.1 Å². The minimum Gasteiger partial charge on any atom is -0.503 e. The van der Waals surface area contributed by atoms with Gasteiger partial charge in [0, 0.05) is 16.8 Å². The number of anilines is 2. The van der Waals surface area contributed by atoms with E-state index < -0.39 is 5.97 Å². The maximum atomic E-state index is 12.2. The van der Waals surface area contributed by atoms with Crippen LogP contribution in [0.15, 0.2) is 54.8 Å². The first-order chi connectivity index (χ1) is 15.4. The van der Waals surface area contributed by atoms with Crippen molar-refractivity contribution in [2.24, 2.45) is 0 Å². The standard InChI is InChI=1S/C23H21Cl2N3O4/c1-14-10-21(28-23(26-14)27-20-9-8-16(24)11-19(20)25)32-12-15-6-4-5-7-17(15)18(13-30-2)22(29)31-3/h4-11,13H,12H2,1-3H3,(H,26,27,28)/b18-13+. The molecule has 0 unspecified atom stereocenters. The fourth-order valence-electron chi connectivity index (χ4n) is 2.89. The first-order valence-corrected chi connectivity index (χ1v) is 10.3. The third-order valence-corrected chi connectivity index (χ3v) is 4.88. The van der Waals surface area contributed by atoms with E-state index in [1.807, 2.05) is 25.1 Å². The van der Waals surface area contributed by atoms with E-state index in [1.165, 1.54) is 20.5 Å². The van der Waals surface area contributed by atoms with Gasteiger partial charge in [0.2, 0.25) is 11.8 Å². The second-order valence-electron chi connectivity index (χ2n) is 6.62. The maximum Gasteiger partial charge on any atom is 0.341 e. The van der Waals surface area contributed by atoms with Crippen molar-refractivity contribution < 1.29 is 19.0 Å². The third-order valence-electron chi connectivity index (χ3n) is 4.33. The molecule has 0 amide bonds. The van der Waals surface area contributed by atoms with Gasteiger partial charge in [-0.1, -0.05) is 47.5 Å². The van der Waals surface area contributed by atoms with Gasteiger partial charge in [0.25, 0.3) is 0 Å². The van der Waals surface area contributed by atoms with Crippen molar-refractivity contribution >= 4 is 46.4 Å². The molecule has 0 saturated heterocycles. The zero-order valence-electron chi connectivity index (χ0n) is 17.7. The summed E-state index contributed by atoms with van der Waals surface area (Å²) in [5.41, 5.74) is 2.99. The molecule has 0 radical (unpaired) electrons. The average Bonchev–Trinajstić information content (AvgIpc) is 2.77. The maximum absolute atomic E-state index is 12.2. The van der Waals surface area contributed by atoms with Crippen molar-refractivity contribution in [1.82, 2.24) is 9.97 Å². The second-order valence-corrected chi connectivity index (χ2v) is 7.47. The molecule has 3 aromatic rings. The molecular weight excluding hydrogens is 453 g/mol. The summed E-state index contributed by atoms with van der Waals surface area (Å²) in [5, 5.41) is 4.04. The van der Waals surface area contributed by atoms with Crippen LogP contribution >= 0.6 is 23.2 Å². The normalized spacial score (nSPS) is 11.1. The zero-order valence-corrected chi connectivity index (χ0v) is 19.2. The number of ether oxygens (including phenoxy) is 3. The van der Waals surface area contributed by atoms with Crippen LogP contribution in [-0.4, -0.2) is 30.2 Å². The van der Waals surface area contributed by atoms with Gasteiger partial charge in [-0.25, -0.2) is 9.78 Å². The Bertz CT molecular complexity index is 1150. The molecule has 0 aliphatic rings. The molecule has 9 heteroatoms. The first-order valence-electron chi connectivity index (χ1n) is 9.51. The van der Waals surface area contributed by atoms with Crippen molar-refractivity contribution in [1.29, 1.82) is 0 Å². The Balaban J connectivity index is 1.82. The molecule has 2 aromatic carbocycles. The Hall–Kier alpha value is -3.29. The molecule has 0 fully saturated rings. The molecule has 0 saturated carbocycles. The SMILES string of the molecule is CO/C=C(/C(=O)OC)c1ccccc1COc1cc(C)nc(Nc2ccc(Cl)cc2Cl)n1. The lowest BCUT2D eigenvalue weighted by molar-refractivity contribution is -0.133. The first kappa shape index (κ1) is 23.4. The van der Waals surface area contributed by atoms with Gasteiger partial charge in [0.05, 0.1) is 31.2 Å². The molecular formula is C23H21Cl2N3O4. The highest BCUT2D eigenvalue weighted by Gasteiger charge is 2.17. The number of hydrogen-bond donors (Lipinski definition) is 1. The fourth-order valence-corrected chi connectivity index (χ4v) is 3.35. The number of rotatable bonds is 8. The van der Waals surface area contributed by atoms with Crippen LogP contribution in [0, 0.1) is 6.92 Å². The molecule has 7 nitrogen and oxygen atoms in total. The molecule has 1 heterocycles. The molecule has 0 aliphatic heterocycles. The number of hydrogen-bond acceptors (Lipinski definition) is 7. The van der Waals surface area contributed by atoms with E-state index in [-0.39, 0.29) is 12.2 Å². The second kappa shape index (κ2) is 10.8. The smallest absolute Gasteiger partial charge is 0.341 e. The minimum atomic E-state index is -0.511. The van der Waals surface area contributed by atoms with Crippen LogP contribution in [0.1, 0.15) is 16.8 Å². The Labute approximate surface area is 196 Å². The van der Waals surface area contributed by atoms with Crippen LogP contribution in [0.2, 0.25) is 10.0 Å². The molecule has 1 aromatic heterocycles. The van der Waals surface area contributed by atoms with Gasteiger partial charge < -0.3 is 19.5 Å². The summed E-state index contributed by atoms with van der Waals surface area (Å²) in [4.78, 5) is 21.0. The topological polar surface area (TPSA) is 82.6 Å². The summed E-state index contributed by atoms with van der Waals surface area (Å²) in [6.07, 6.45) is 1.34. The van der Waals surface area contributed by atoms with Gasteiger partial charge in [-0.2, -0.15) is 4.98 Å². The van der Waals surface area contributed by atoms with Crippen LogP contribution in [0.3, 0.4) is 0 Å². The lowest BCUT2D eigenvalue weighted by atomic mass is 10.0. The van der Waals surface area contributed by atoms with Crippen molar-refractivity contribution in [3.63, 3.8) is 0 Å². The molecule has 3 rings (SSSR count). The summed E-state index contributed by atoms with van der Waals surface area (Å²) < 4.78 is 15.8. The van der Waals surface area contributed by atoms with Crippen LogP contribution in [0.4, 0.5) is 11.6 Å². The van der Waals surface area contributed by atoms with E-state index in [1.54, 1.807) is 30.3 Å². The molecule has 0 aliphatic carbocycles. The number of nitrogens with zero attached hydrogens (tertiary/aromatic N) is 2. The highest BCUT2D eigenvalue weighted by molar-refractivity contribution is 6.36. The number of aromatic nitrogens is 2. The van der Waals surface area contributed by atoms with Crippen LogP contribution in [-0.2, 0) is 20.9 Å². The lowest BCUT2D eigenvalue weighted by Gasteiger charge is -2.13. The van der Waals surface area contributed by atoms with Gasteiger partial charge >= 0.3 is 5.97 Å². The number of aryl methyl sites for hydroxylation is 1. The zero-order chi connectivity index (χ0) is 23.1. The third kappa shape index (κ3) is 5.90.